The maximum Gasteiger partial charge on any atom is 0.222 e. The number of aryl methyl sites for hydroxylation is 1. The van der Waals surface area contributed by atoms with Gasteiger partial charge in [0, 0.05) is 48.1 Å². The van der Waals surface area contributed by atoms with E-state index in [0.29, 0.717) is 36.4 Å². The lowest BCUT2D eigenvalue weighted by Crippen LogP contribution is -2.37. The summed E-state index contributed by atoms with van der Waals surface area (Å²) in [6.45, 7) is 9.24. The van der Waals surface area contributed by atoms with E-state index in [4.69, 9.17) is 10.7 Å². The van der Waals surface area contributed by atoms with Gasteiger partial charge in [0.15, 0.2) is 11.9 Å². The van der Waals surface area contributed by atoms with Crippen LogP contribution in [0.3, 0.4) is 0 Å². The fraction of sp³-hybridized carbons (Fsp3) is 0.370. The number of hydrogen-bond donors (Lipinski definition) is 1. The van der Waals surface area contributed by atoms with E-state index >= 15 is 0 Å². The number of nitrogen functional groups attached to an aromatic ring is 1. The van der Waals surface area contributed by atoms with Crippen molar-refractivity contribution in [2.45, 2.75) is 52.9 Å². The Labute approximate surface area is 205 Å². The highest BCUT2D eigenvalue weighted by Gasteiger charge is 2.28. The number of aldehydes is 1. The number of hydrogen-bond acceptors (Lipinski definition) is 6. The molecule has 3 aromatic heterocycles. The van der Waals surface area contributed by atoms with Crippen LogP contribution in [0.2, 0.25) is 0 Å². The molecule has 1 aliphatic rings. The van der Waals surface area contributed by atoms with E-state index in [1.54, 1.807) is 6.20 Å². The molecule has 1 saturated heterocycles. The summed E-state index contributed by atoms with van der Waals surface area (Å²) in [7, 11) is 0. The molecule has 0 unspecified atom stereocenters. The van der Waals surface area contributed by atoms with Crippen LogP contribution in [0.15, 0.2) is 36.7 Å². The number of amides is 1. The summed E-state index contributed by atoms with van der Waals surface area (Å²) in [6, 6.07) is 8.22. The van der Waals surface area contributed by atoms with Crippen molar-refractivity contribution < 1.29 is 9.59 Å². The molecule has 1 aromatic carbocycles. The molecule has 0 saturated carbocycles. The Morgan fingerprint density at radius 1 is 1.17 bits per heavy atom. The lowest BCUT2D eigenvalue weighted by Gasteiger charge is -2.32. The molecule has 182 valence electrons. The second-order valence-electron chi connectivity index (χ2n) is 8.64. The molecule has 1 fully saturated rings. The van der Waals surface area contributed by atoms with Gasteiger partial charge in [0.1, 0.15) is 5.82 Å². The number of aromatic nitrogens is 4. The first-order chi connectivity index (χ1) is 17.0. The van der Waals surface area contributed by atoms with Crippen molar-refractivity contribution in [1.82, 2.24) is 24.5 Å². The van der Waals surface area contributed by atoms with Crippen molar-refractivity contribution in [3.63, 3.8) is 0 Å². The second kappa shape index (κ2) is 10.2. The highest BCUT2D eigenvalue weighted by Crippen LogP contribution is 2.34. The Balaban J connectivity index is 0.00000141. The van der Waals surface area contributed by atoms with Crippen LogP contribution in [-0.4, -0.2) is 49.8 Å². The van der Waals surface area contributed by atoms with E-state index in [2.05, 4.69) is 29.1 Å². The highest BCUT2D eigenvalue weighted by atomic mass is 16.2. The van der Waals surface area contributed by atoms with Gasteiger partial charge in [-0.2, -0.15) is 9.61 Å². The van der Waals surface area contributed by atoms with Gasteiger partial charge in [-0.3, -0.25) is 14.6 Å². The zero-order valence-electron chi connectivity index (χ0n) is 20.8. The van der Waals surface area contributed by atoms with E-state index in [-0.39, 0.29) is 17.6 Å². The third-order valence-corrected chi connectivity index (χ3v) is 6.55. The molecule has 1 aliphatic heterocycles. The number of pyridine rings is 1. The van der Waals surface area contributed by atoms with Crippen LogP contribution < -0.4 is 5.73 Å². The normalized spacial score (nSPS) is 14.1. The van der Waals surface area contributed by atoms with Crippen LogP contribution in [0.5, 0.6) is 0 Å². The maximum absolute atomic E-state index is 12.1. The van der Waals surface area contributed by atoms with Crippen molar-refractivity contribution in [2.24, 2.45) is 0 Å². The quantitative estimate of drug-likeness (QED) is 0.428. The largest absolute Gasteiger partial charge is 0.383 e. The van der Waals surface area contributed by atoms with Crippen LogP contribution in [0, 0.1) is 6.92 Å². The number of nitrogens with zero attached hydrogens (tertiary/aromatic N) is 5. The topological polar surface area (TPSA) is 106 Å². The molecule has 1 amide bonds. The third kappa shape index (κ3) is 4.48. The average Bonchev–Trinajstić information content (AvgIpc) is 3.33. The fourth-order valence-corrected chi connectivity index (χ4v) is 4.71. The van der Waals surface area contributed by atoms with E-state index in [9.17, 15) is 9.59 Å². The predicted molar refractivity (Wildman–Crippen MR) is 138 cm³/mol. The van der Waals surface area contributed by atoms with Crippen molar-refractivity contribution in [3.8, 4) is 11.1 Å². The summed E-state index contributed by atoms with van der Waals surface area (Å²) in [5.41, 5.74) is 11.8. The summed E-state index contributed by atoms with van der Waals surface area (Å²) in [6.07, 6.45) is 6.29. The number of piperidine rings is 1. The highest BCUT2D eigenvalue weighted by molar-refractivity contribution is 5.90. The summed E-state index contributed by atoms with van der Waals surface area (Å²) >= 11 is 0. The Morgan fingerprint density at radius 2 is 1.91 bits per heavy atom. The molecule has 0 bridgehead atoms. The molecular weight excluding hydrogens is 440 g/mol. The lowest BCUT2D eigenvalue weighted by molar-refractivity contribution is -0.131. The van der Waals surface area contributed by atoms with E-state index in [0.717, 1.165) is 46.7 Å². The Hall–Kier alpha value is -3.81. The van der Waals surface area contributed by atoms with Gasteiger partial charge in [0.05, 0.1) is 23.0 Å². The molecule has 0 atom stereocenters. The first-order valence-electron chi connectivity index (χ1n) is 12.3. The molecule has 0 radical (unpaired) electrons. The van der Waals surface area contributed by atoms with Crippen molar-refractivity contribution in [2.75, 3.05) is 18.8 Å². The predicted octanol–water partition coefficient (Wildman–Crippen LogP) is 4.79. The monoisotopic (exact) mass is 472 g/mol. The lowest BCUT2D eigenvalue weighted by atomic mass is 9.90. The second-order valence-corrected chi connectivity index (χ2v) is 8.64. The molecule has 35 heavy (non-hydrogen) atoms. The SMILES string of the molecule is CC.CCC(=O)N1CCC(c2nc3c(-c4cnc5ccc(C)cc5c4)cnn3c(N)c2C=O)CC1. The summed E-state index contributed by atoms with van der Waals surface area (Å²) < 4.78 is 1.53. The molecule has 0 spiro atoms. The molecule has 0 aliphatic carbocycles. The Kier molecular flexibility index (Phi) is 7.10. The fourth-order valence-electron chi connectivity index (χ4n) is 4.71. The maximum atomic E-state index is 12.1. The van der Waals surface area contributed by atoms with Crippen LogP contribution in [0.1, 0.15) is 67.6 Å². The standard InChI is InChI=1S/C25H26N6O2.C2H6/c1-3-22(33)30-8-6-16(7-9-30)23-20(14-32)24(26)31-25(29-23)19(13-28-31)18-11-17-10-15(2)4-5-21(17)27-12-18;1-2/h4-5,10-14,16H,3,6-9,26H2,1-2H3;1-2H3. The third-order valence-electron chi connectivity index (χ3n) is 6.55. The number of anilines is 1. The number of carbonyl (C=O) groups excluding carboxylic acids is 2. The van der Waals surface area contributed by atoms with Gasteiger partial charge >= 0.3 is 0 Å². The average molecular weight is 473 g/mol. The van der Waals surface area contributed by atoms with E-state index in [1.165, 1.54) is 4.52 Å². The molecule has 4 aromatic rings. The number of benzene rings is 1. The Bertz CT molecular complexity index is 1390. The van der Waals surface area contributed by atoms with Gasteiger partial charge in [0.25, 0.3) is 0 Å². The minimum Gasteiger partial charge on any atom is -0.383 e. The molecule has 4 heterocycles. The minimum atomic E-state index is 0.0542. The van der Waals surface area contributed by atoms with Crippen molar-refractivity contribution in [1.29, 1.82) is 0 Å². The van der Waals surface area contributed by atoms with Crippen LogP contribution in [0.4, 0.5) is 5.82 Å². The molecule has 2 N–H and O–H groups in total. The Morgan fingerprint density at radius 3 is 2.60 bits per heavy atom. The number of likely N-dealkylation sites (tertiary alicyclic amines) is 1. The van der Waals surface area contributed by atoms with Gasteiger partial charge in [-0.15, -0.1) is 0 Å². The first kappa shape index (κ1) is 24.3. The van der Waals surface area contributed by atoms with Gasteiger partial charge in [-0.05, 0) is 38.0 Å². The van der Waals surface area contributed by atoms with Crippen molar-refractivity contribution in [3.05, 3.63) is 53.5 Å². The van der Waals surface area contributed by atoms with Crippen LogP contribution in [0.25, 0.3) is 27.7 Å². The van der Waals surface area contributed by atoms with Gasteiger partial charge in [-0.25, -0.2) is 4.98 Å². The van der Waals surface area contributed by atoms with Gasteiger partial charge in [-0.1, -0.05) is 32.4 Å². The summed E-state index contributed by atoms with van der Waals surface area (Å²) in [4.78, 5) is 35.4. The smallest absolute Gasteiger partial charge is 0.222 e. The zero-order chi connectivity index (χ0) is 25.1. The van der Waals surface area contributed by atoms with Crippen molar-refractivity contribution >= 4 is 34.6 Å². The van der Waals surface area contributed by atoms with E-state index < -0.39 is 0 Å². The molecule has 8 heteroatoms. The number of fused-ring (bicyclic) bond motifs is 2. The molecule has 8 nitrogen and oxygen atoms in total. The molecular formula is C27H32N6O2. The number of carbonyl (C=O) groups is 2. The molecule has 5 rings (SSSR count). The number of rotatable bonds is 4. The summed E-state index contributed by atoms with van der Waals surface area (Å²) in [5, 5.41) is 5.46. The van der Waals surface area contributed by atoms with E-state index in [1.807, 2.05) is 44.0 Å². The van der Waals surface area contributed by atoms with Crippen LogP contribution in [-0.2, 0) is 4.79 Å². The number of nitrogens with two attached hydrogens (primary N) is 1. The first-order valence-corrected chi connectivity index (χ1v) is 12.3. The minimum absolute atomic E-state index is 0.0542. The zero-order valence-corrected chi connectivity index (χ0v) is 20.8. The van der Waals surface area contributed by atoms with Crippen LogP contribution >= 0.6 is 0 Å². The van der Waals surface area contributed by atoms with Gasteiger partial charge < -0.3 is 10.6 Å². The van der Waals surface area contributed by atoms with Gasteiger partial charge in [0.2, 0.25) is 5.91 Å². The summed E-state index contributed by atoms with van der Waals surface area (Å²) in [5.74, 6) is 0.496.